The van der Waals surface area contributed by atoms with E-state index < -0.39 is 12.8 Å². The molecule has 0 aliphatic heterocycles. The van der Waals surface area contributed by atoms with Crippen molar-refractivity contribution in [3.05, 3.63) is 60.3 Å². The summed E-state index contributed by atoms with van der Waals surface area (Å²) < 4.78 is 48.3. The van der Waals surface area contributed by atoms with E-state index >= 15 is 0 Å². The fourth-order valence-corrected chi connectivity index (χ4v) is 2.73. The zero-order chi connectivity index (χ0) is 20.1. The Bertz CT molecular complexity index is 949. The standard InChI is InChI=1S/C20H19F3N2O3/c1-27-11-10-25-9-8-15-12-16(4-7-18(15)25)24-19(26)14-2-5-17(6-3-14)28-13-20(21,22)23/h2-9,12H,10-11,13H2,1H3,(H,24,26). The van der Waals surface area contributed by atoms with Crippen LogP contribution in [0.25, 0.3) is 10.9 Å². The molecule has 1 amide bonds. The number of amides is 1. The fraction of sp³-hybridized carbons (Fsp3) is 0.250. The molecule has 3 aromatic rings. The molecular formula is C20H19F3N2O3. The summed E-state index contributed by atoms with van der Waals surface area (Å²) in [6.07, 6.45) is -2.45. The molecule has 0 saturated heterocycles. The van der Waals surface area contributed by atoms with Crippen molar-refractivity contribution in [3.8, 4) is 5.75 Å². The zero-order valence-electron chi connectivity index (χ0n) is 15.1. The van der Waals surface area contributed by atoms with Gasteiger partial charge in [-0.05, 0) is 48.5 Å². The highest BCUT2D eigenvalue weighted by Gasteiger charge is 2.28. The number of carbonyl (C=O) groups excluding carboxylic acids is 1. The first-order valence-electron chi connectivity index (χ1n) is 8.54. The Balaban J connectivity index is 1.65. The molecule has 0 atom stereocenters. The first-order chi connectivity index (χ1) is 13.4. The molecule has 148 valence electrons. The molecule has 1 N–H and O–H groups in total. The topological polar surface area (TPSA) is 52.5 Å². The monoisotopic (exact) mass is 392 g/mol. The second-order valence-corrected chi connectivity index (χ2v) is 6.16. The maximum absolute atomic E-state index is 12.4. The number of aromatic nitrogens is 1. The first kappa shape index (κ1) is 19.8. The summed E-state index contributed by atoms with van der Waals surface area (Å²) in [5.41, 5.74) is 1.97. The average Bonchev–Trinajstić information content (AvgIpc) is 3.06. The molecule has 0 spiro atoms. The maximum atomic E-state index is 12.4. The summed E-state index contributed by atoms with van der Waals surface area (Å²) in [6, 6.07) is 13.0. The van der Waals surface area contributed by atoms with E-state index in [-0.39, 0.29) is 11.7 Å². The molecule has 2 aromatic carbocycles. The minimum Gasteiger partial charge on any atom is -0.484 e. The van der Waals surface area contributed by atoms with Crippen LogP contribution in [0.2, 0.25) is 0 Å². The van der Waals surface area contributed by atoms with E-state index in [0.29, 0.717) is 17.9 Å². The number of halogens is 3. The summed E-state index contributed by atoms with van der Waals surface area (Å²) in [5.74, 6) is -0.312. The van der Waals surface area contributed by atoms with E-state index in [1.807, 2.05) is 24.4 Å². The van der Waals surface area contributed by atoms with E-state index in [1.165, 1.54) is 24.3 Å². The van der Waals surface area contributed by atoms with Gasteiger partial charge in [0.2, 0.25) is 0 Å². The van der Waals surface area contributed by atoms with Crippen molar-refractivity contribution < 1.29 is 27.4 Å². The lowest BCUT2D eigenvalue weighted by atomic mass is 10.2. The lowest BCUT2D eigenvalue weighted by Gasteiger charge is -2.10. The van der Waals surface area contributed by atoms with Gasteiger partial charge in [-0.3, -0.25) is 4.79 Å². The Hall–Kier alpha value is -3.00. The largest absolute Gasteiger partial charge is 0.484 e. The van der Waals surface area contributed by atoms with Crippen LogP contribution in [0.3, 0.4) is 0 Å². The molecule has 0 aliphatic carbocycles. The summed E-state index contributed by atoms with van der Waals surface area (Å²) >= 11 is 0. The van der Waals surface area contributed by atoms with Gasteiger partial charge in [0.05, 0.1) is 6.61 Å². The zero-order valence-corrected chi connectivity index (χ0v) is 15.1. The van der Waals surface area contributed by atoms with Gasteiger partial charge in [0.15, 0.2) is 6.61 Å². The quantitative estimate of drug-likeness (QED) is 0.645. The lowest BCUT2D eigenvalue weighted by Crippen LogP contribution is -2.19. The number of nitrogens with one attached hydrogen (secondary N) is 1. The van der Waals surface area contributed by atoms with Crippen LogP contribution < -0.4 is 10.1 Å². The summed E-state index contributed by atoms with van der Waals surface area (Å²) in [6.45, 7) is -0.0397. The molecular weight excluding hydrogens is 373 g/mol. The van der Waals surface area contributed by atoms with Gasteiger partial charge in [-0.1, -0.05) is 0 Å². The normalized spacial score (nSPS) is 11.6. The molecule has 0 unspecified atom stereocenters. The maximum Gasteiger partial charge on any atom is 0.422 e. The van der Waals surface area contributed by atoms with Crippen LogP contribution >= 0.6 is 0 Å². The number of ether oxygens (including phenoxy) is 2. The number of carbonyl (C=O) groups is 1. The van der Waals surface area contributed by atoms with Crippen LogP contribution in [0.5, 0.6) is 5.75 Å². The second-order valence-electron chi connectivity index (χ2n) is 6.16. The molecule has 8 heteroatoms. The SMILES string of the molecule is COCCn1ccc2cc(NC(=O)c3ccc(OCC(F)(F)F)cc3)ccc21. The van der Waals surface area contributed by atoms with Crippen molar-refractivity contribution in [2.75, 3.05) is 25.6 Å². The second kappa shape index (κ2) is 8.35. The lowest BCUT2D eigenvalue weighted by molar-refractivity contribution is -0.153. The van der Waals surface area contributed by atoms with Crippen LogP contribution in [0.1, 0.15) is 10.4 Å². The van der Waals surface area contributed by atoms with Gasteiger partial charge < -0.3 is 19.4 Å². The number of alkyl halides is 3. The number of fused-ring (bicyclic) bond motifs is 1. The van der Waals surface area contributed by atoms with E-state index in [9.17, 15) is 18.0 Å². The number of rotatable bonds is 7. The number of methoxy groups -OCH3 is 1. The predicted molar refractivity (Wildman–Crippen MR) is 99.8 cm³/mol. The number of nitrogens with zero attached hydrogens (tertiary/aromatic N) is 1. The van der Waals surface area contributed by atoms with Crippen molar-refractivity contribution >= 4 is 22.5 Å². The molecule has 0 aliphatic rings. The average molecular weight is 392 g/mol. The highest BCUT2D eigenvalue weighted by Crippen LogP contribution is 2.22. The molecule has 0 saturated carbocycles. The minimum absolute atomic E-state index is 0.0488. The van der Waals surface area contributed by atoms with Crippen molar-refractivity contribution in [2.45, 2.75) is 12.7 Å². The summed E-state index contributed by atoms with van der Waals surface area (Å²) in [4.78, 5) is 12.4. The van der Waals surface area contributed by atoms with Crippen molar-refractivity contribution in [1.29, 1.82) is 0 Å². The van der Waals surface area contributed by atoms with Crippen molar-refractivity contribution in [1.82, 2.24) is 4.57 Å². The van der Waals surface area contributed by atoms with Crippen molar-refractivity contribution in [3.63, 3.8) is 0 Å². The van der Waals surface area contributed by atoms with Gasteiger partial charge in [-0.15, -0.1) is 0 Å². The molecule has 28 heavy (non-hydrogen) atoms. The highest BCUT2D eigenvalue weighted by molar-refractivity contribution is 6.05. The third-order valence-electron chi connectivity index (χ3n) is 4.08. The number of anilines is 1. The molecule has 5 nitrogen and oxygen atoms in total. The van der Waals surface area contributed by atoms with E-state index in [4.69, 9.17) is 4.74 Å². The Morgan fingerprint density at radius 2 is 1.86 bits per heavy atom. The van der Waals surface area contributed by atoms with Gasteiger partial charge in [0.1, 0.15) is 5.75 Å². The molecule has 3 rings (SSSR count). The molecule has 0 fully saturated rings. The van der Waals surface area contributed by atoms with Gasteiger partial charge in [-0.25, -0.2) is 0 Å². The number of benzene rings is 2. The third-order valence-corrected chi connectivity index (χ3v) is 4.08. The molecule has 1 aromatic heterocycles. The number of hydrogen-bond acceptors (Lipinski definition) is 3. The minimum atomic E-state index is -4.41. The third kappa shape index (κ3) is 5.04. The highest BCUT2D eigenvalue weighted by atomic mass is 19.4. The van der Waals surface area contributed by atoms with E-state index in [1.54, 1.807) is 13.2 Å². The smallest absolute Gasteiger partial charge is 0.422 e. The number of hydrogen-bond donors (Lipinski definition) is 1. The Kier molecular flexibility index (Phi) is 5.89. The van der Waals surface area contributed by atoms with Gasteiger partial charge >= 0.3 is 6.18 Å². The van der Waals surface area contributed by atoms with Crippen LogP contribution in [0, 0.1) is 0 Å². The van der Waals surface area contributed by atoms with Crippen LogP contribution in [-0.4, -0.2) is 37.0 Å². The van der Waals surface area contributed by atoms with E-state index in [2.05, 4.69) is 14.6 Å². The Labute approximate surface area is 159 Å². The van der Waals surface area contributed by atoms with Gasteiger partial charge in [0.25, 0.3) is 5.91 Å². The van der Waals surface area contributed by atoms with Gasteiger partial charge in [-0.2, -0.15) is 13.2 Å². The first-order valence-corrected chi connectivity index (χ1v) is 8.54. The predicted octanol–water partition coefficient (Wildman–Crippen LogP) is 4.48. The van der Waals surface area contributed by atoms with Crippen LogP contribution in [0.4, 0.5) is 18.9 Å². The van der Waals surface area contributed by atoms with E-state index in [0.717, 1.165) is 17.4 Å². The van der Waals surface area contributed by atoms with Crippen LogP contribution in [0.15, 0.2) is 54.7 Å². The Morgan fingerprint density at radius 3 is 2.54 bits per heavy atom. The fourth-order valence-electron chi connectivity index (χ4n) is 2.73. The molecule has 0 bridgehead atoms. The van der Waals surface area contributed by atoms with Gasteiger partial charge in [0, 0.05) is 42.0 Å². The Morgan fingerprint density at radius 1 is 1.11 bits per heavy atom. The molecule has 1 heterocycles. The summed E-state index contributed by atoms with van der Waals surface area (Å²) in [7, 11) is 1.65. The molecule has 0 radical (unpaired) electrons. The summed E-state index contributed by atoms with van der Waals surface area (Å²) in [5, 5.41) is 3.76. The van der Waals surface area contributed by atoms with Crippen LogP contribution in [-0.2, 0) is 11.3 Å². The van der Waals surface area contributed by atoms with Crippen molar-refractivity contribution in [2.24, 2.45) is 0 Å².